The molecule has 0 saturated heterocycles. The van der Waals surface area contributed by atoms with Gasteiger partial charge in [-0.05, 0) is 24.1 Å². The van der Waals surface area contributed by atoms with Crippen molar-refractivity contribution in [1.82, 2.24) is 4.90 Å². The first-order valence-electron chi connectivity index (χ1n) is 5.15. The van der Waals surface area contributed by atoms with Crippen molar-refractivity contribution in [1.29, 1.82) is 0 Å². The van der Waals surface area contributed by atoms with E-state index in [0.717, 1.165) is 5.56 Å². The monoisotopic (exact) mass is 235 g/mol. The van der Waals surface area contributed by atoms with Crippen LogP contribution in [0.4, 0.5) is 4.39 Å². The summed E-state index contributed by atoms with van der Waals surface area (Å²) >= 11 is 0. The SMILES string of the molecule is C#CCN(CC(=O)O)Cc1ccc(F)c(C)c1. The van der Waals surface area contributed by atoms with Crippen molar-refractivity contribution in [2.75, 3.05) is 13.1 Å². The molecule has 0 radical (unpaired) electrons. The first-order chi connectivity index (χ1) is 8.02. The molecule has 0 aromatic heterocycles. The fourth-order valence-corrected chi connectivity index (χ4v) is 1.55. The molecule has 0 amide bonds. The summed E-state index contributed by atoms with van der Waals surface area (Å²) in [7, 11) is 0. The lowest BCUT2D eigenvalue weighted by atomic mass is 10.1. The number of rotatable bonds is 5. The minimum absolute atomic E-state index is 0.124. The summed E-state index contributed by atoms with van der Waals surface area (Å²) in [5.74, 6) is 1.21. The van der Waals surface area contributed by atoms with Crippen LogP contribution in [0.3, 0.4) is 0 Å². The second kappa shape index (κ2) is 6.02. The van der Waals surface area contributed by atoms with Crippen molar-refractivity contribution in [3.63, 3.8) is 0 Å². The Bertz CT molecular complexity index is 451. The van der Waals surface area contributed by atoms with E-state index in [1.165, 1.54) is 6.07 Å². The van der Waals surface area contributed by atoms with Crippen molar-refractivity contribution >= 4 is 5.97 Å². The number of nitrogens with zero attached hydrogens (tertiary/aromatic N) is 1. The van der Waals surface area contributed by atoms with Gasteiger partial charge in [0.15, 0.2) is 0 Å². The fourth-order valence-electron chi connectivity index (χ4n) is 1.55. The number of benzene rings is 1. The maximum Gasteiger partial charge on any atom is 0.317 e. The molecule has 0 aliphatic rings. The molecule has 0 bridgehead atoms. The molecule has 0 spiro atoms. The zero-order chi connectivity index (χ0) is 12.8. The number of carbonyl (C=O) groups is 1. The second-order valence-corrected chi connectivity index (χ2v) is 3.83. The van der Waals surface area contributed by atoms with Gasteiger partial charge < -0.3 is 5.11 Å². The highest BCUT2D eigenvalue weighted by molar-refractivity contribution is 5.69. The predicted octanol–water partition coefficient (Wildman–Crippen LogP) is 1.65. The van der Waals surface area contributed by atoms with Gasteiger partial charge in [0.25, 0.3) is 0 Å². The number of aliphatic carboxylic acids is 1. The van der Waals surface area contributed by atoms with E-state index in [0.29, 0.717) is 12.1 Å². The quantitative estimate of drug-likeness (QED) is 0.789. The van der Waals surface area contributed by atoms with Gasteiger partial charge in [0.1, 0.15) is 5.82 Å². The first-order valence-corrected chi connectivity index (χ1v) is 5.15. The molecule has 0 atom stereocenters. The van der Waals surface area contributed by atoms with Crippen LogP contribution in [-0.2, 0) is 11.3 Å². The Balaban J connectivity index is 2.75. The van der Waals surface area contributed by atoms with Crippen molar-refractivity contribution in [2.24, 2.45) is 0 Å². The summed E-state index contributed by atoms with van der Waals surface area (Å²) in [6.07, 6.45) is 5.17. The van der Waals surface area contributed by atoms with Gasteiger partial charge in [-0.3, -0.25) is 9.69 Å². The van der Waals surface area contributed by atoms with Crippen LogP contribution in [0.2, 0.25) is 0 Å². The van der Waals surface area contributed by atoms with E-state index in [1.807, 2.05) is 0 Å². The van der Waals surface area contributed by atoms with Crippen LogP contribution in [0.25, 0.3) is 0 Å². The van der Waals surface area contributed by atoms with Crippen molar-refractivity contribution < 1.29 is 14.3 Å². The van der Waals surface area contributed by atoms with Gasteiger partial charge in [-0.2, -0.15) is 0 Å². The molecule has 1 aromatic rings. The van der Waals surface area contributed by atoms with Crippen molar-refractivity contribution in [3.8, 4) is 12.3 Å². The van der Waals surface area contributed by atoms with Crippen LogP contribution in [0.15, 0.2) is 18.2 Å². The van der Waals surface area contributed by atoms with Crippen LogP contribution >= 0.6 is 0 Å². The average Bonchev–Trinajstić information content (AvgIpc) is 2.23. The van der Waals surface area contributed by atoms with E-state index >= 15 is 0 Å². The van der Waals surface area contributed by atoms with E-state index in [-0.39, 0.29) is 18.9 Å². The Kier molecular flexibility index (Phi) is 4.68. The molecule has 90 valence electrons. The Morgan fingerprint density at radius 2 is 2.29 bits per heavy atom. The van der Waals surface area contributed by atoms with Gasteiger partial charge in [-0.15, -0.1) is 6.42 Å². The summed E-state index contributed by atoms with van der Waals surface area (Å²) in [5, 5.41) is 8.72. The van der Waals surface area contributed by atoms with Gasteiger partial charge in [0.2, 0.25) is 0 Å². The number of hydrogen-bond donors (Lipinski definition) is 1. The van der Waals surface area contributed by atoms with E-state index < -0.39 is 5.97 Å². The molecule has 0 unspecified atom stereocenters. The lowest BCUT2D eigenvalue weighted by molar-refractivity contribution is -0.138. The standard InChI is InChI=1S/C13H14FNO2/c1-3-6-15(9-13(16)17)8-11-4-5-12(14)10(2)7-11/h1,4-5,7H,6,8-9H2,2H3,(H,16,17). The largest absolute Gasteiger partial charge is 0.480 e. The third-order valence-corrected chi connectivity index (χ3v) is 2.30. The van der Waals surface area contributed by atoms with E-state index in [4.69, 9.17) is 11.5 Å². The Hall–Kier alpha value is -1.86. The summed E-state index contributed by atoms with van der Waals surface area (Å²) in [4.78, 5) is 12.2. The lowest BCUT2D eigenvalue weighted by Crippen LogP contribution is -2.29. The third-order valence-electron chi connectivity index (χ3n) is 2.30. The predicted molar refractivity (Wildman–Crippen MR) is 62.9 cm³/mol. The summed E-state index contributed by atoms with van der Waals surface area (Å²) < 4.78 is 13.1. The Labute approximate surface area is 99.9 Å². The highest BCUT2D eigenvalue weighted by Crippen LogP contribution is 2.11. The van der Waals surface area contributed by atoms with Crippen LogP contribution in [-0.4, -0.2) is 29.1 Å². The molecular formula is C13H14FNO2. The smallest absolute Gasteiger partial charge is 0.317 e. The van der Waals surface area contributed by atoms with Crippen LogP contribution in [0.1, 0.15) is 11.1 Å². The molecule has 0 heterocycles. The molecular weight excluding hydrogens is 221 g/mol. The fraction of sp³-hybridized carbons (Fsp3) is 0.308. The number of halogens is 1. The average molecular weight is 235 g/mol. The maximum atomic E-state index is 13.1. The lowest BCUT2D eigenvalue weighted by Gasteiger charge is -2.17. The Morgan fingerprint density at radius 3 is 2.82 bits per heavy atom. The molecule has 0 aliphatic carbocycles. The molecule has 3 nitrogen and oxygen atoms in total. The number of carboxylic acids is 1. The maximum absolute atomic E-state index is 13.1. The molecule has 17 heavy (non-hydrogen) atoms. The number of aryl methyl sites for hydroxylation is 1. The third kappa shape index (κ3) is 4.25. The Morgan fingerprint density at radius 1 is 1.59 bits per heavy atom. The molecule has 0 fully saturated rings. The van der Waals surface area contributed by atoms with Crippen LogP contribution < -0.4 is 0 Å². The van der Waals surface area contributed by atoms with E-state index in [9.17, 15) is 9.18 Å². The second-order valence-electron chi connectivity index (χ2n) is 3.83. The number of terminal acetylenes is 1. The molecule has 0 saturated carbocycles. The minimum atomic E-state index is -0.931. The molecule has 1 rings (SSSR count). The highest BCUT2D eigenvalue weighted by Gasteiger charge is 2.09. The molecule has 0 aliphatic heterocycles. The summed E-state index contributed by atoms with van der Waals surface area (Å²) in [6.45, 7) is 2.20. The minimum Gasteiger partial charge on any atom is -0.480 e. The van der Waals surface area contributed by atoms with Crippen molar-refractivity contribution in [2.45, 2.75) is 13.5 Å². The number of hydrogen-bond acceptors (Lipinski definition) is 2. The molecule has 1 N–H and O–H groups in total. The van der Waals surface area contributed by atoms with E-state index in [2.05, 4.69) is 5.92 Å². The summed E-state index contributed by atoms with van der Waals surface area (Å²) in [6, 6.07) is 4.70. The zero-order valence-corrected chi connectivity index (χ0v) is 9.61. The van der Waals surface area contributed by atoms with Gasteiger partial charge in [0.05, 0.1) is 13.1 Å². The van der Waals surface area contributed by atoms with Gasteiger partial charge >= 0.3 is 5.97 Å². The number of carboxylic acid groups (broad SMARTS) is 1. The van der Waals surface area contributed by atoms with Gasteiger partial charge in [-0.25, -0.2) is 4.39 Å². The zero-order valence-electron chi connectivity index (χ0n) is 9.61. The van der Waals surface area contributed by atoms with Crippen LogP contribution in [0, 0.1) is 25.1 Å². The van der Waals surface area contributed by atoms with E-state index in [1.54, 1.807) is 24.0 Å². The topological polar surface area (TPSA) is 40.5 Å². The highest BCUT2D eigenvalue weighted by atomic mass is 19.1. The van der Waals surface area contributed by atoms with Gasteiger partial charge in [0, 0.05) is 6.54 Å². The molecule has 1 aromatic carbocycles. The van der Waals surface area contributed by atoms with Crippen LogP contribution in [0.5, 0.6) is 0 Å². The summed E-state index contributed by atoms with van der Waals surface area (Å²) in [5.41, 5.74) is 1.39. The van der Waals surface area contributed by atoms with Crippen molar-refractivity contribution in [3.05, 3.63) is 35.1 Å². The first kappa shape index (κ1) is 13.2. The normalized spacial score (nSPS) is 10.2. The van der Waals surface area contributed by atoms with Gasteiger partial charge in [-0.1, -0.05) is 18.1 Å². The molecule has 4 heteroatoms.